The largest absolute Gasteiger partial charge is 0.448 e. The van der Waals surface area contributed by atoms with Gasteiger partial charge in [-0.05, 0) is 43.7 Å². The molecular weight excluding hydrogens is 298 g/mol. The Hall–Kier alpha value is -1.88. The lowest BCUT2D eigenvalue weighted by Crippen LogP contribution is -2.38. The number of hydrogen-bond acceptors (Lipinski definition) is 4. The summed E-state index contributed by atoms with van der Waals surface area (Å²) in [5.74, 6) is -0.497. The Balaban J connectivity index is 1.75. The van der Waals surface area contributed by atoms with Gasteiger partial charge in [-0.3, -0.25) is 4.79 Å². The van der Waals surface area contributed by atoms with Crippen molar-refractivity contribution in [2.75, 3.05) is 13.1 Å². The number of carbonyl (C=O) groups is 2. The predicted octanol–water partition coefficient (Wildman–Crippen LogP) is 3.38. The van der Waals surface area contributed by atoms with Crippen molar-refractivity contribution < 1.29 is 14.3 Å². The van der Waals surface area contributed by atoms with Crippen molar-refractivity contribution in [3.05, 3.63) is 34.7 Å². The molecule has 1 fully saturated rings. The Morgan fingerprint density at radius 3 is 2.59 bits per heavy atom. The summed E-state index contributed by atoms with van der Waals surface area (Å²) in [6.45, 7) is 5.11. The number of ether oxygens (including phenoxy) is 1. The second kappa shape index (κ2) is 6.08. The molecule has 0 spiro atoms. The van der Waals surface area contributed by atoms with Gasteiger partial charge in [-0.1, -0.05) is 18.2 Å². The van der Waals surface area contributed by atoms with Gasteiger partial charge in [-0.15, -0.1) is 11.3 Å². The Kier molecular flexibility index (Phi) is 4.16. The zero-order chi connectivity index (χ0) is 15.7. The number of aryl methyl sites for hydroxylation is 1. The lowest BCUT2D eigenvalue weighted by atomic mass is 10.1. The molecule has 3 rings (SSSR count). The normalized spacial score (nSPS) is 16.0. The number of amides is 1. The van der Waals surface area contributed by atoms with Crippen LogP contribution in [0.1, 0.15) is 35.0 Å². The third-order valence-electron chi connectivity index (χ3n) is 4.08. The fourth-order valence-corrected chi connectivity index (χ4v) is 3.92. The van der Waals surface area contributed by atoms with Gasteiger partial charge in [-0.25, -0.2) is 4.79 Å². The summed E-state index contributed by atoms with van der Waals surface area (Å²) in [6.07, 6.45) is 1.33. The molecule has 1 aromatic carbocycles. The molecule has 0 bridgehead atoms. The van der Waals surface area contributed by atoms with Crippen LogP contribution in [0.5, 0.6) is 0 Å². The van der Waals surface area contributed by atoms with Crippen LogP contribution in [0.2, 0.25) is 0 Å². The van der Waals surface area contributed by atoms with E-state index in [1.807, 2.05) is 31.2 Å². The average molecular weight is 317 g/mol. The quantitative estimate of drug-likeness (QED) is 0.815. The van der Waals surface area contributed by atoms with Crippen LogP contribution in [0.3, 0.4) is 0 Å². The van der Waals surface area contributed by atoms with E-state index in [4.69, 9.17) is 4.74 Å². The highest BCUT2D eigenvalue weighted by Gasteiger charge is 2.27. The average Bonchev–Trinajstić information content (AvgIpc) is 3.15. The van der Waals surface area contributed by atoms with Crippen molar-refractivity contribution in [1.82, 2.24) is 4.90 Å². The minimum Gasteiger partial charge on any atom is -0.448 e. The fraction of sp³-hybridized carbons (Fsp3) is 0.412. The van der Waals surface area contributed by atoms with E-state index in [-0.39, 0.29) is 5.91 Å². The SMILES string of the molecule is Cc1c(C(=O)O[C@@H](C)C(=O)N2CCCC2)sc2ccccc12. The zero-order valence-electron chi connectivity index (χ0n) is 12.8. The molecule has 1 atom stereocenters. The Morgan fingerprint density at radius 1 is 1.23 bits per heavy atom. The van der Waals surface area contributed by atoms with Gasteiger partial charge in [0.15, 0.2) is 6.10 Å². The number of thiophene rings is 1. The molecule has 1 aliphatic rings. The van der Waals surface area contributed by atoms with Gasteiger partial charge in [0, 0.05) is 17.8 Å². The van der Waals surface area contributed by atoms with Crippen LogP contribution >= 0.6 is 11.3 Å². The lowest BCUT2D eigenvalue weighted by molar-refractivity contribution is -0.138. The summed E-state index contributed by atoms with van der Waals surface area (Å²) in [7, 11) is 0. The van der Waals surface area contributed by atoms with Gasteiger partial charge in [0.25, 0.3) is 5.91 Å². The molecule has 1 amide bonds. The van der Waals surface area contributed by atoms with Crippen LogP contribution in [0, 0.1) is 6.92 Å². The monoisotopic (exact) mass is 317 g/mol. The lowest BCUT2D eigenvalue weighted by Gasteiger charge is -2.20. The number of carbonyl (C=O) groups excluding carboxylic acids is 2. The van der Waals surface area contributed by atoms with Crippen molar-refractivity contribution in [2.45, 2.75) is 32.8 Å². The molecule has 0 unspecified atom stereocenters. The molecule has 1 aromatic heterocycles. The summed E-state index contributed by atoms with van der Waals surface area (Å²) >= 11 is 1.42. The first-order chi connectivity index (χ1) is 10.6. The van der Waals surface area contributed by atoms with E-state index in [1.165, 1.54) is 11.3 Å². The molecule has 116 valence electrons. The number of nitrogens with zero attached hydrogens (tertiary/aromatic N) is 1. The molecule has 0 saturated carbocycles. The third kappa shape index (κ3) is 2.73. The van der Waals surface area contributed by atoms with E-state index in [0.29, 0.717) is 4.88 Å². The van der Waals surface area contributed by atoms with Crippen LogP contribution in [-0.4, -0.2) is 36.0 Å². The first-order valence-electron chi connectivity index (χ1n) is 7.56. The minimum atomic E-state index is -0.727. The topological polar surface area (TPSA) is 46.6 Å². The number of likely N-dealkylation sites (tertiary alicyclic amines) is 1. The zero-order valence-corrected chi connectivity index (χ0v) is 13.6. The summed E-state index contributed by atoms with van der Waals surface area (Å²) in [5, 5.41) is 1.07. The minimum absolute atomic E-state index is 0.0929. The highest BCUT2D eigenvalue weighted by atomic mass is 32.1. The summed E-state index contributed by atoms with van der Waals surface area (Å²) < 4.78 is 6.46. The molecule has 5 heteroatoms. The van der Waals surface area contributed by atoms with Crippen molar-refractivity contribution >= 4 is 33.3 Å². The molecule has 4 nitrogen and oxygen atoms in total. The maximum absolute atomic E-state index is 12.4. The Morgan fingerprint density at radius 2 is 1.91 bits per heavy atom. The Bertz CT molecular complexity index is 716. The van der Waals surface area contributed by atoms with Crippen LogP contribution < -0.4 is 0 Å². The molecule has 0 radical (unpaired) electrons. The van der Waals surface area contributed by atoms with E-state index in [1.54, 1.807) is 11.8 Å². The second-order valence-electron chi connectivity index (χ2n) is 5.63. The van der Waals surface area contributed by atoms with Crippen molar-refractivity contribution in [2.24, 2.45) is 0 Å². The van der Waals surface area contributed by atoms with Crippen LogP contribution in [0.4, 0.5) is 0 Å². The third-order valence-corrected chi connectivity index (χ3v) is 5.33. The summed E-state index contributed by atoms with van der Waals surface area (Å²) in [4.78, 5) is 27.0. The van der Waals surface area contributed by atoms with E-state index in [9.17, 15) is 9.59 Å². The standard InChI is InChI=1S/C17H19NO3S/c1-11-13-7-3-4-8-14(13)22-15(11)17(20)21-12(2)16(19)18-9-5-6-10-18/h3-4,7-8,12H,5-6,9-10H2,1-2H3/t12-/m0/s1. The van der Waals surface area contributed by atoms with Crippen LogP contribution in [-0.2, 0) is 9.53 Å². The first kappa shape index (κ1) is 15.0. The Labute approximate surface area is 133 Å². The molecule has 0 aliphatic carbocycles. The molecule has 22 heavy (non-hydrogen) atoms. The number of rotatable bonds is 3. The maximum atomic E-state index is 12.4. The summed E-state index contributed by atoms with van der Waals surface area (Å²) in [5.41, 5.74) is 0.923. The van der Waals surface area contributed by atoms with E-state index in [2.05, 4.69) is 0 Å². The molecular formula is C17H19NO3S. The molecule has 1 saturated heterocycles. The van der Waals surface area contributed by atoms with E-state index >= 15 is 0 Å². The highest BCUT2D eigenvalue weighted by molar-refractivity contribution is 7.21. The predicted molar refractivity (Wildman–Crippen MR) is 87.3 cm³/mol. The molecule has 0 N–H and O–H groups in total. The highest BCUT2D eigenvalue weighted by Crippen LogP contribution is 2.31. The molecule has 2 heterocycles. The number of fused-ring (bicyclic) bond motifs is 1. The maximum Gasteiger partial charge on any atom is 0.349 e. The van der Waals surface area contributed by atoms with Gasteiger partial charge in [0.2, 0.25) is 0 Å². The van der Waals surface area contributed by atoms with Crippen LogP contribution in [0.25, 0.3) is 10.1 Å². The van der Waals surface area contributed by atoms with Gasteiger partial charge in [0.05, 0.1) is 0 Å². The number of hydrogen-bond donors (Lipinski definition) is 0. The number of benzene rings is 1. The molecule has 2 aromatic rings. The van der Waals surface area contributed by atoms with Crippen molar-refractivity contribution in [1.29, 1.82) is 0 Å². The van der Waals surface area contributed by atoms with Gasteiger partial charge >= 0.3 is 5.97 Å². The molecule has 1 aliphatic heterocycles. The van der Waals surface area contributed by atoms with Gasteiger partial charge in [-0.2, -0.15) is 0 Å². The smallest absolute Gasteiger partial charge is 0.349 e. The van der Waals surface area contributed by atoms with Gasteiger partial charge in [0.1, 0.15) is 4.88 Å². The van der Waals surface area contributed by atoms with E-state index in [0.717, 1.165) is 41.6 Å². The summed E-state index contributed by atoms with van der Waals surface area (Å²) in [6, 6.07) is 7.89. The van der Waals surface area contributed by atoms with Crippen molar-refractivity contribution in [3.8, 4) is 0 Å². The van der Waals surface area contributed by atoms with E-state index < -0.39 is 12.1 Å². The van der Waals surface area contributed by atoms with Crippen LogP contribution in [0.15, 0.2) is 24.3 Å². The van der Waals surface area contributed by atoms with Crippen molar-refractivity contribution in [3.63, 3.8) is 0 Å². The fourth-order valence-electron chi connectivity index (χ4n) is 2.83. The second-order valence-corrected chi connectivity index (χ2v) is 6.68. The number of esters is 1. The van der Waals surface area contributed by atoms with Gasteiger partial charge < -0.3 is 9.64 Å². The first-order valence-corrected chi connectivity index (χ1v) is 8.37.